The lowest BCUT2D eigenvalue weighted by Crippen LogP contribution is -2.38. The van der Waals surface area contributed by atoms with Crippen molar-refractivity contribution in [3.8, 4) is 0 Å². The molecule has 1 aromatic heterocycles. The zero-order chi connectivity index (χ0) is 16.2. The van der Waals surface area contributed by atoms with Crippen molar-refractivity contribution in [2.24, 2.45) is 0 Å². The van der Waals surface area contributed by atoms with E-state index in [1.807, 2.05) is 36.6 Å². The first kappa shape index (κ1) is 16.0. The number of hydrogen-bond acceptors (Lipinski definition) is 6. The van der Waals surface area contributed by atoms with Crippen LogP contribution in [0.5, 0.6) is 0 Å². The minimum atomic E-state index is -0.427. The Kier molecular flexibility index (Phi) is 4.97. The van der Waals surface area contributed by atoms with Crippen molar-refractivity contribution in [2.45, 2.75) is 18.2 Å². The number of rotatable bonds is 4. The number of thiazole rings is 1. The van der Waals surface area contributed by atoms with Crippen molar-refractivity contribution < 1.29 is 14.3 Å². The predicted octanol–water partition coefficient (Wildman–Crippen LogP) is 2.68. The standard InChI is InChI=1S/C16H16N2O3S2/c1-11-17-12(10-23-11)8-16(20)21-9-15(19)18-6-7-22-14-5-3-2-4-13(14)18/h2-5,10H,6-9H2,1H3. The number of ether oxygens (including phenoxy) is 1. The summed E-state index contributed by atoms with van der Waals surface area (Å²) in [5.41, 5.74) is 1.57. The minimum absolute atomic E-state index is 0.101. The number of nitrogens with zero attached hydrogens (tertiary/aromatic N) is 2. The van der Waals surface area contributed by atoms with Crippen LogP contribution < -0.4 is 4.90 Å². The van der Waals surface area contributed by atoms with E-state index < -0.39 is 5.97 Å². The molecule has 0 aliphatic carbocycles. The summed E-state index contributed by atoms with van der Waals surface area (Å²) in [5, 5.41) is 2.74. The quantitative estimate of drug-likeness (QED) is 0.795. The molecule has 0 N–H and O–H groups in total. The van der Waals surface area contributed by atoms with Crippen LogP contribution in [0.15, 0.2) is 34.5 Å². The van der Waals surface area contributed by atoms with Crippen LogP contribution in [0.2, 0.25) is 0 Å². The van der Waals surface area contributed by atoms with Gasteiger partial charge < -0.3 is 9.64 Å². The normalized spacial score (nSPS) is 13.5. The molecule has 5 nitrogen and oxygen atoms in total. The van der Waals surface area contributed by atoms with Gasteiger partial charge in [0.25, 0.3) is 5.91 Å². The van der Waals surface area contributed by atoms with Crippen molar-refractivity contribution in [1.29, 1.82) is 0 Å². The van der Waals surface area contributed by atoms with Crippen LogP contribution in [0.1, 0.15) is 10.7 Å². The van der Waals surface area contributed by atoms with Crippen LogP contribution in [0.4, 0.5) is 5.69 Å². The van der Waals surface area contributed by atoms with E-state index in [9.17, 15) is 9.59 Å². The molecule has 3 rings (SSSR count). The number of anilines is 1. The summed E-state index contributed by atoms with van der Waals surface area (Å²) in [7, 11) is 0. The maximum atomic E-state index is 12.3. The van der Waals surface area contributed by atoms with E-state index in [0.29, 0.717) is 12.2 Å². The Labute approximate surface area is 142 Å². The molecular weight excluding hydrogens is 332 g/mol. The highest BCUT2D eigenvalue weighted by Crippen LogP contribution is 2.34. The second-order valence-electron chi connectivity index (χ2n) is 5.06. The van der Waals surface area contributed by atoms with Crippen LogP contribution >= 0.6 is 23.1 Å². The highest BCUT2D eigenvalue weighted by atomic mass is 32.2. The molecule has 1 aliphatic rings. The highest BCUT2D eigenvalue weighted by molar-refractivity contribution is 7.99. The third-order valence-corrected chi connectivity index (χ3v) is 5.24. The molecule has 0 radical (unpaired) electrons. The predicted molar refractivity (Wildman–Crippen MR) is 91.0 cm³/mol. The van der Waals surface area contributed by atoms with Gasteiger partial charge in [-0.2, -0.15) is 0 Å². The lowest BCUT2D eigenvalue weighted by Gasteiger charge is -2.28. The summed E-state index contributed by atoms with van der Waals surface area (Å²) in [5.74, 6) is 0.221. The number of benzene rings is 1. The van der Waals surface area contributed by atoms with Crippen LogP contribution in [-0.2, 0) is 20.7 Å². The van der Waals surface area contributed by atoms with Gasteiger partial charge in [0.2, 0.25) is 0 Å². The molecule has 0 saturated carbocycles. The molecule has 0 unspecified atom stereocenters. The lowest BCUT2D eigenvalue weighted by atomic mass is 10.2. The van der Waals surface area contributed by atoms with Gasteiger partial charge in [-0.15, -0.1) is 23.1 Å². The van der Waals surface area contributed by atoms with E-state index in [0.717, 1.165) is 21.3 Å². The molecular formula is C16H16N2O3S2. The molecule has 7 heteroatoms. The smallest absolute Gasteiger partial charge is 0.312 e. The van der Waals surface area contributed by atoms with Gasteiger partial charge in [0.05, 0.1) is 22.8 Å². The van der Waals surface area contributed by atoms with Gasteiger partial charge >= 0.3 is 5.97 Å². The Morgan fingerprint density at radius 2 is 2.17 bits per heavy atom. The van der Waals surface area contributed by atoms with Gasteiger partial charge in [0.1, 0.15) is 0 Å². The molecule has 0 spiro atoms. The van der Waals surface area contributed by atoms with Crippen molar-refractivity contribution >= 4 is 40.7 Å². The summed E-state index contributed by atoms with van der Waals surface area (Å²) in [6.07, 6.45) is 0.101. The number of hydrogen-bond donors (Lipinski definition) is 0. The second kappa shape index (κ2) is 7.14. The number of fused-ring (bicyclic) bond motifs is 1. The fourth-order valence-electron chi connectivity index (χ4n) is 2.34. The first-order chi connectivity index (χ1) is 11.1. The lowest BCUT2D eigenvalue weighted by molar-refractivity contribution is -0.147. The minimum Gasteiger partial charge on any atom is -0.455 e. The van der Waals surface area contributed by atoms with Crippen molar-refractivity contribution in [3.05, 3.63) is 40.3 Å². The van der Waals surface area contributed by atoms with E-state index in [1.165, 1.54) is 11.3 Å². The Hall–Kier alpha value is -1.86. The molecule has 0 fully saturated rings. The summed E-state index contributed by atoms with van der Waals surface area (Å²) in [6.45, 7) is 2.28. The molecule has 23 heavy (non-hydrogen) atoms. The van der Waals surface area contributed by atoms with E-state index in [1.54, 1.807) is 16.7 Å². The topological polar surface area (TPSA) is 59.5 Å². The van der Waals surface area contributed by atoms with Gasteiger partial charge in [0.15, 0.2) is 6.61 Å². The van der Waals surface area contributed by atoms with Gasteiger partial charge in [-0.1, -0.05) is 12.1 Å². The molecule has 1 amide bonds. The molecule has 120 valence electrons. The number of thioether (sulfide) groups is 1. The first-order valence-corrected chi connectivity index (χ1v) is 9.09. The number of aromatic nitrogens is 1. The molecule has 1 aromatic carbocycles. The van der Waals surface area contributed by atoms with Gasteiger partial charge in [-0.25, -0.2) is 4.98 Å². The van der Waals surface area contributed by atoms with E-state index >= 15 is 0 Å². The van der Waals surface area contributed by atoms with Crippen LogP contribution in [0.25, 0.3) is 0 Å². The maximum absolute atomic E-state index is 12.3. The second-order valence-corrected chi connectivity index (χ2v) is 7.26. The van der Waals surface area contributed by atoms with Crippen molar-refractivity contribution in [1.82, 2.24) is 4.98 Å². The number of carbonyl (C=O) groups is 2. The van der Waals surface area contributed by atoms with Crippen LogP contribution in [0.3, 0.4) is 0 Å². The largest absolute Gasteiger partial charge is 0.455 e. The van der Waals surface area contributed by atoms with Gasteiger partial charge in [-0.05, 0) is 19.1 Å². The zero-order valence-corrected chi connectivity index (χ0v) is 14.3. The van der Waals surface area contributed by atoms with Crippen molar-refractivity contribution in [2.75, 3.05) is 23.8 Å². The van der Waals surface area contributed by atoms with E-state index in [2.05, 4.69) is 4.98 Å². The van der Waals surface area contributed by atoms with Crippen LogP contribution in [-0.4, -0.2) is 35.8 Å². The number of carbonyl (C=O) groups excluding carboxylic acids is 2. The monoisotopic (exact) mass is 348 g/mol. The molecule has 1 aliphatic heterocycles. The first-order valence-electron chi connectivity index (χ1n) is 7.22. The third-order valence-electron chi connectivity index (χ3n) is 3.38. The fourth-order valence-corrected chi connectivity index (χ4v) is 3.94. The summed E-state index contributed by atoms with van der Waals surface area (Å²) >= 11 is 3.22. The van der Waals surface area contributed by atoms with Crippen LogP contribution in [0, 0.1) is 6.92 Å². The number of amides is 1. The van der Waals surface area contributed by atoms with Gasteiger partial charge in [-0.3, -0.25) is 9.59 Å². The van der Waals surface area contributed by atoms with Crippen molar-refractivity contribution in [3.63, 3.8) is 0 Å². The summed E-state index contributed by atoms with van der Waals surface area (Å²) < 4.78 is 5.11. The fraction of sp³-hybridized carbons (Fsp3) is 0.312. The molecule has 0 bridgehead atoms. The average molecular weight is 348 g/mol. The zero-order valence-electron chi connectivity index (χ0n) is 12.7. The number of para-hydroxylation sites is 1. The molecule has 2 aromatic rings. The summed E-state index contributed by atoms with van der Waals surface area (Å²) in [4.78, 5) is 31.2. The van der Waals surface area contributed by atoms with E-state index in [4.69, 9.17) is 4.74 Å². The molecule has 0 saturated heterocycles. The SMILES string of the molecule is Cc1nc(CC(=O)OCC(=O)N2CCSc3ccccc32)cs1. The Bertz CT molecular complexity index is 730. The molecule has 0 atom stereocenters. The Balaban J connectivity index is 1.57. The molecule has 2 heterocycles. The number of esters is 1. The maximum Gasteiger partial charge on any atom is 0.312 e. The highest BCUT2D eigenvalue weighted by Gasteiger charge is 2.23. The number of aryl methyl sites for hydroxylation is 1. The third kappa shape index (κ3) is 3.92. The van der Waals surface area contributed by atoms with E-state index in [-0.39, 0.29) is 18.9 Å². The Morgan fingerprint density at radius 3 is 2.96 bits per heavy atom. The Morgan fingerprint density at radius 1 is 1.35 bits per heavy atom. The average Bonchev–Trinajstić information content (AvgIpc) is 2.97. The summed E-state index contributed by atoms with van der Waals surface area (Å²) in [6, 6.07) is 7.77. The van der Waals surface area contributed by atoms with Gasteiger partial charge in [0, 0.05) is 22.6 Å².